The number of amides is 1. The van der Waals surface area contributed by atoms with Gasteiger partial charge in [0.05, 0.1) is 11.8 Å². The molecule has 2 rings (SSSR count). The first-order valence-corrected chi connectivity index (χ1v) is 6.59. The first-order valence-electron chi connectivity index (χ1n) is 6.22. The molecule has 2 atom stereocenters. The molecule has 1 aromatic carbocycles. The van der Waals surface area contributed by atoms with E-state index in [9.17, 15) is 9.59 Å². The lowest BCUT2D eigenvalue weighted by Crippen LogP contribution is -2.44. The number of aliphatic carboxylic acids is 1. The van der Waals surface area contributed by atoms with Crippen LogP contribution >= 0.6 is 11.6 Å². The molecule has 1 aliphatic rings. The summed E-state index contributed by atoms with van der Waals surface area (Å²) in [4.78, 5) is 24.7. The minimum absolute atomic E-state index is 0.112. The van der Waals surface area contributed by atoms with Gasteiger partial charge in [0, 0.05) is 18.6 Å². The van der Waals surface area contributed by atoms with Crippen LogP contribution in [0.25, 0.3) is 0 Å². The quantitative estimate of drug-likeness (QED) is 0.922. The van der Waals surface area contributed by atoms with Gasteiger partial charge in [0.25, 0.3) is 0 Å². The van der Waals surface area contributed by atoms with Gasteiger partial charge in [-0.1, -0.05) is 29.8 Å². The van der Waals surface area contributed by atoms with Crippen molar-refractivity contribution >= 4 is 23.5 Å². The minimum Gasteiger partial charge on any atom is -0.481 e. The SMILES string of the molecule is CN(Cc1ccccc1Cl)C(=O)C1CCC1C(=O)O. The van der Waals surface area contributed by atoms with E-state index in [1.54, 1.807) is 18.0 Å². The largest absolute Gasteiger partial charge is 0.481 e. The molecule has 0 spiro atoms. The fraction of sp³-hybridized carbons (Fsp3) is 0.429. The minimum atomic E-state index is -0.879. The molecule has 0 aliphatic heterocycles. The van der Waals surface area contributed by atoms with Gasteiger partial charge >= 0.3 is 5.97 Å². The Morgan fingerprint density at radius 3 is 2.47 bits per heavy atom. The van der Waals surface area contributed by atoms with Gasteiger partial charge in [-0.3, -0.25) is 9.59 Å². The molecular weight excluding hydrogens is 266 g/mol. The zero-order valence-electron chi connectivity index (χ0n) is 10.7. The fourth-order valence-corrected chi connectivity index (χ4v) is 2.53. The first kappa shape index (κ1) is 13.9. The molecule has 1 aliphatic carbocycles. The Bertz CT molecular complexity index is 503. The summed E-state index contributed by atoms with van der Waals surface area (Å²) >= 11 is 6.05. The Labute approximate surface area is 117 Å². The van der Waals surface area contributed by atoms with Gasteiger partial charge in [0.1, 0.15) is 0 Å². The van der Waals surface area contributed by atoms with Crippen molar-refractivity contribution in [1.29, 1.82) is 0 Å². The first-order chi connectivity index (χ1) is 9.00. The maximum atomic E-state index is 12.2. The zero-order chi connectivity index (χ0) is 14.0. The van der Waals surface area contributed by atoms with Gasteiger partial charge in [-0.05, 0) is 24.5 Å². The highest BCUT2D eigenvalue weighted by Gasteiger charge is 2.42. The Balaban J connectivity index is 2.01. The normalized spacial score (nSPS) is 21.6. The number of hydrogen-bond donors (Lipinski definition) is 1. The van der Waals surface area contributed by atoms with E-state index in [2.05, 4.69) is 0 Å². The highest BCUT2D eigenvalue weighted by atomic mass is 35.5. The number of halogens is 1. The van der Waals surface area contributed by atoms with E-state index in [4.69, 9.17) is 16.7 Å². The van der Waals surface area contributed by atoms with Crippen molar-refractivity contribution in [1.82, 2.24) is 4.90 Å². The third-order valence-electron chi connectivity index (χ3n) is 3.65. The Morgan fingerprint density at radius 2 is 1.95 bits per heavy atom. The highest BCUT2D eigenvalue weighted by Crippen LogP contribution is 2.36. The summed E-state index contributed by atoms with van der Waals surface area (Å²) in [5.41, 5.74) is 0.867. The number of rotatable bonds is 4. The number of carbonyl (C=O) groups is 2. The number of carboxylic acids is 1. The van der Waals surface area contributed by atoms with Crippen LogP contribution in [0.1, 0.15) is 18.4 Å². The van der Waals surface area contributed by atoms with Crippen LogP contribution in [-0.4, -0.2) is 28.9 Å². The molecule has 1 saturated carbocycles. The third kappa shape index (κ3) is 2.89. The molecule has 1 N–H and O–H groups in total. The molecule has 0 radical (unpaired) electrons. The van der Waals surface area contributed by atoms with Crippen LogP contribution in [0.2, 0.25) is 5.02 Å². The number of carbonyl (C=O) groups excluding carboxylic acids is 1. The predicted octanol–water partition coefficient (Wildman–Crippen LogP) is 2.41. The lowest BCUT2D eigenvalue weighted by atomic mass is 9.73. The van der Waals surface area contributed by atoms with E-state index >= 15 is 0 Å². The van der Waals surface area contributed by atoms with Crippen LogP contribution in [0.4, 0.5) is 0 Å². The Kier molecular flexibility index (Phi) is 4.10. The third-order valence-corrected chi connectivity index (χ3v) is 4.02. The number of benzene rings is 1. The topological polar surface area (TPSA) is 57.6 Å². The van der Waals surface area contributed by atoms with Crippen molar-refractivity contribution in [2.75, 3.05) is 7.05 Å². The van der Waals surface area contributed by atoms with Crippen molar-refractivity contribution in [3.05, 3.63) is 34.9 Å². The van der Waals surface area contributed by atoms with Crippen LogP contribution in [0.3, 0.4) is 0 Å². The smallest absolute Gasteiger partial charge is 0.307 e. The van der Waals surface area contributed by atoms with Crippen molar-refractivity contribution in [2.24, 2.45) is 11.8 Å². The molecule has 0 saturated heterocycles. The monoisotopic (exact) mass is 281 g/mol. The van der Waals surface area contributed by atoms with E-state index in [0.717, 1.165) is 5.56 Å². The second-order valence-corrected chi connectivity index (χ2v) is 5.32. The van der Waals surface area contributed by atoms with Crippen LogP contribution in [0.5, 0.6) is 0 Å². The molecule has 2 unspecified atom stereocenters. The highest BCUT2D eigenvalue weighted by molar-refractivity contribution is 6.31. The summed E-state index contributed by atoms with van der Waals surface area (Å²) in [6, 6.07) is 7.34. The molecule has 0 bridgehead atoms. The molecule has 1 aromatic rings. The van der Waals surface area contributed by atoms with Crippen LogP contribution in [0.15, 0.2) is 24.3 Å². The van der Waals surface area contributed by atoms with Gasteiger partial charge in [0.2, 0.25) is 5.91 Å². The van der Waals surface area contributed by atoms with E-state index < -0.39 is 11.9 Å². The average Bonchev–Trinajstić information content (AvgIpc) is 2.29. The molecule has 5 heteroatoms. The van der Waals surface area contributed by atoms with Crippen LogP contribution in [0, 0.1) is 11.8 Å². The lowest BCUT2D eigenvalue weighted by Gasteiger charge is -2.35. The van der Waals surface area contributed by atoms with E-state index in [1.807, 2.05) is 18.2 Å². The Morgan fingerprint density at radius 1 is 1.32 bits per heavy atom. The van der Waals surface area contributed by atoms with Gasteiger partial charge in [-0.2, -0.15) is 0 Å². The second kappa shape index (κ2) is 5.61. The molecule has 1 fully saturated rings. The standard InChI is InChI=1S/C14H16ClNO3/c1-16(8-9-4-2-3-5-12(9)15)13(17)10-6-7-11(10)14(18)19/h2-5,10-11H,6-8H2,1H3,(H,18,19). The van der Waals surface area contributed by atoms with Crippen LogP contribution in [-0.2, 0) is 16.1 Å². The Hall–Kier alpha value is -1.55. The second-order valence-electron chi connectivity index (χ2n) is 4.91. The molecule has 4 nitrogen and oxygen atoms in total. The van der Waals surface area contributed by atoms with Crippen LogP contribution < -0.4 is 0 Å². The molecular formula is C14H16ClNO3. The maximum absolute atomic E-state index is 12.2. The van der Waals surface area contributed by atoms with Crippen molar-refractivity contribution in [3.8, 4) is 0 Å². The van der Waals surface area contributed by atoms with Gasteiger partial charge < -0.3 is 10.0 Å². The summed E-state index contributed by atoms with van der Waals surface area (Å²) in [5.74, 6) is -1.90. The summed E-state index contributed by atoms with van der Waals surface area (Å²) in [6.45, 7) is 0.404. The molecule has 1 amide bonds. The maximum Gasteiger partial charge on any atom is 0.307 e. The van der Waals surface area contributed by atoms with Gasteiger partial charge in [-0.25, -0.2) is 0 Å². The molecule has 0 aromatic heterocycles. The number of hydrogen-bond acceptors (Lipinski definition) is 2. The van der Waals surface area contributed by atoms with Crippen molar-refractivity contribution in [3.63, 3.8) is 0 Å². The summed E-state index contributed by atoms with van der Waals surface area (Å²) in [7, 11) is 1.68. The van der Waals surface area contributed by atoms with Crippen molar-refractivity contribution < 1.29 is 14.7 Å². The predicted molar refractivity (Wildman–Crippen MR) is 71.8 cm³/mol. The molecule has 0 heterocycles. The van der Waals surface area contributed by atoms with E-state index in [0.29, 0.717) is 24.4 Å². The van der Waals surface area contributed by atoms with Crippen molar-refractivity contribution in [2.45, 2.75) is 19.4 Å². The summed E-state index contributed by atoms with van der Waals surface area (Å²) in [6.07, 6.45) is 1.24. The number of nitrogens with zero attached hydrogens (tertiary/aromatic N) is 1. The summed E-state index contributed by atoms with van der Waals surface area (Å²) < 4.78 is 0. The average molecular weight is 282 g/mol. The summed E-state index contributed by atoms with van der Waals surface area (Å²) in [5, 5.41) is 9.59. The fourth-order valence-electron chi connectivity index (χ4n) is 2.33. The molecule has 19 heavy (non-hydrogen) atoms. The lowest BCUT2D eigenvalue weighted by molar-refractivity contribution is -0.156. The van der Waals surface area contributed by atoms with E-state index in [-0.39, 0.29) is 11.8 Å². The zero-order valence-corrected chi connectivity index (χ0v) is 11.4. The van der Waals surface area contributed by atoms with E-state index in [1.165, 1.54) is 0 Å². The van der Waals surface area contributed by atoms with Gasteiger partial charge in [0.15, 0.2) is 0 Å². The number of carboxylic acid groups (broad SMARTS) is 1. The molecule has 102 valence electrons. The van der Waals surface area contributed by atoms with Gasteiger partial charge in [-0.15, -0.1) is 0 Å².